The zero-order valence-electron chi connectivity index (χ0n) is 6.66. The molecule has 0 radical (unpaired) electrons. The number of ether oxygens (including phenoxy) is 1. The average molecular weight is 176 g/mol. The van der Waals surface area contributed by atoms with Gasteiger partial charge in [0.25, 0.3) is 0 Å². The molecule has 0 amide bonds. The van der Waals surface area contributed by atoms with Crippen LogP contribution in [0.3, 0.4) is 0 Å². The summed E-state index contributed by atoms with van der Waals surface area (Å²) in [5.41, 5.74) is 0. The minimum absolute atomic E-state index is 0.00663. The minimum atomic E-state index is -0.482. The highest BCUT2D eigenvalue weighted by Crippen LogP contribution is 2.02. The second kappa shape index (κ2) is 5.18. The number of hydrogen-bond acceptors (Lipinski definition) is 4. The molecule has 3 nitrogen and oxygen atoms in total. The summed E-state index contributed by atoms with van der Waals surface area (Å²) in [6, 6.07) is 0. The molecule has 1 unspecified atom stereocenters. The number of ketones is 1. The molecule has 0 aliphatic carbocycles. The van der Waals surface area contributed by atoms with Gasteiger partial charge in [0.05, 0.1) is 7.11 Å². The summed E-state index contributed by atoms with van der Waals surface area (Å²) in [6.07, 6.45) is 0.180. The van der Waals surface area contributed by atoms with Gasteiger partial charge in [-0.15, -0.1) is 0 Å². The minimum Gasteiger partial charge on any atom is -0.469 e. The van der Waals surface area contributed by atoms with Crippen LogP contribution in [0.1, 0.15) is 19.8 Å². The van der Waals surface area contributed by atoms with E-state index in [0.29, 0.717) is 6.42 Å². The van der Waals surface area contributed by atoms with Gasteiger partial charge in [-0.25, -0.2) is 0 Å². The summed E-state index contributed by atoms with van der Waals surface area (Å²) >= 11 is 4.02. The molecule has 0 aliphatic heterocycles. The third-order valence-corrected chi connectivity index (χ3v) is 1.27. The van der Waals surface area contributed by atoms with Gasteiger partial charge in [-0.1, -0.05) is 6.92 Å². The molecule has 0 heterocycles. The van der Waals surface area contributed by atoms with Gasteiger partial charge in [0.1, 0.15) is 12.2 Å². The number of hydrogen-bond donors (Lipinski definition) is 1. The predicted molar refractivity (Wildman–Crippen MR) is 44.7 cm³/mol. The molecule has 0 aromatic heterocycles. The van der Waals surface area contributed by atoms with Gasteiger partial charge in [0.15, 0.2) is 0 Å². The Hall–Kier alpha value is -0.510. The maximum absolute atomic E-state index is 10.9. The number of thiol groups is 1. The van der Waals surface area contributed by atoms with Gasteiger partial charge in [0, 0.05) is 11.7 Å². The van der Waals surface area contributed by atoms with Crippen LogP contribution in [0.5, 0.6) is 0 Å². The molecule has 0 aliphatic rings. The first-order valence-electron chi connectivity index (χ1n) is 3.33. The van der Waals surface area contributed by atoms with Gasteiger partial charge in [0.2, 0.25) is 0 Å². The summed E-state index contributed by atoms with van der Waals surface area (Å²) in [7, 11) is 1.26. The third kappa shape index (κ3) is 5.91. The Labute approximate surface area is 71.5 Å². The number of rotatable bonds is 4. The van der Waals surface area contributed by atoms with E-state index >= 15 is 0 Å². The molecule has 64 valence electrons. The number of carbonyl (C=O) groups excluding carboxylic acids is 2. The second-order valence-corrected chi connectivity index (χ2v) is 3.23. The average Bonchev–Trinajstić information content (AvgIpc) is 1.85. The molecule has 0 spiro atoms. The molecule has 0 aromatic rings. The first-order chi connectivity index (χ1) is 5.06. The Balaban J connectivity index is 3.61. The molecule has 1 atom stereocenters. The Bertz CT molecular complexity index is 154. The Morgan fingerprint density at radius 2 is 2.09 bits per heavy atom. The van der Waals surface area contributed by atoms with Crippen LogP contribution >= 0.6 is 12.6 Å². The molecular weight excluding hydrogens is 164 g/mol. The normalized spacial score (nSPS) is 12.3. The van der Waals surface area contributed by atoms with Gasteiger partial charge >= 0.3 is 5.97 Å². The van der Waals surface area contributed by atoms with E-state index in [4.69, 9.17) is 0 Å². The van der Waals surface area contributed by atoms with Crippen molar-refractivity contribution < 1.29 is 14.3 Å². The van der Waals surface area contributed by atoms with Crippen LogP contribution in [0.4, 0.5) is 0 Å². The molecule has 0 saturated carbocycles. The van der Waals surface area contributed by atoms with E-state index in [0.717, 1.165) is 0 Å². The Kier molecular flexibility index (Phi) is 4.94. The molecule has 0 rings (SSSR count). The van der Waals surface area contributed by atoms with Crippen molar-refractivity contribution in [1.29, 1.82) is 0 Å². The van der Waals surface area contributed by atoms with Crippen LogP contribution in [0.15, 0.2) is 0 Å². The van der Waals surface area contributed by atoms with E-state index in [9.17, 15) is 9.59 Å². The van der Waals surface area contributed by atoms with E-state index < -0.39 is 5.97 Å². The van der Waals surface area contributed by atoms with Crippen LogP contribution in [-0.4, -0.2) is 24.1 Å². The van der Waals surface area contributed by atoms with Crippen LogP contribution in [0.2, 0.25) is 0 Å². The maximum atomic E-state index is 10.9. The van der Waals surface area contributed by atoms with Gasteiger partial charge < -0.3 is 4.74 Å². The zero-order chi connectivity index (χ0) is 8.85. The van der Waals surface area contributed by atoms with E-state index in [-0.39, 0.29) is 17.5 Å². The Morgan fingerprint density at radius 3 is 2.45 bits per heavy atom. The largest absolute Gasteiger partial charge is 0.469 e. The fourth-order valence-electron chi connectivity index (χ4n) is 0.635. The van der Waals surface area contributed by atoms with Crippen LogP contribution in [0, 0.1) is 0 Å². The fourth-order valence-corrected chi connectivity index (χ4v) is 0.838. The molecule has 0 aromatic carbocycles. The van der Waals surface area contributed by atoms with Crippen molar-refractivity contribution in [2.75, 3.05) is 7.11 Å². The van der Waals surface area contributed by atoms with Crippen molar-refractivity contribution in [1.82, 2.24) is 0 Å². The number of esters is 1. The third-order valence-electron chi connectivity index (χ3n) is 1.09. The van der Waals surface area contributed by atoms with Crippen LogP contribution in [0.25, 0.3) is 0 Å². The standard InChI is InChI=1S/C7H12O3S/c1-5(11)3-6(8)4-7(9)10-2/h5,11H,3-4H2,1-2H3. The quantitative estimate of drug-likeness (QED) is 0.392. The number of Topliss-reactive ketones (excluding diaryl/α,β-unsaturated/α-hetero) is 1. The van der Waals surface area contributed by atoms with Gasteiger partial charge in [-0.2, -0.15) is 12.6 Å². The summed E-state index contributed by atoms with van der Waals surface area (Å²) in [5, 5.41) is 0.00663. The number of methoxy groups -OCH3 is 1. The Morgan fingerprint density at radius 1 is 1.55 bits per heavy atom. The van der Waals surface area contributed by atoms with Crippen molar-refractivity contribution in [3.05, 3.63) is 0 Å². The van der Waals surface area contributed by atoms with Gasteiger partial charge in [-0.3, -0.25) is 9.59 Å². The molecule has 0 N–H and O–H groups in total. The lowest BCUT2D eigenvalue weighted by Crippen LogP contribution is -2.11. The van der Waals surface area contributed by atoms with Crippen LogP contribution in [-0.2, 0) is 14.3 Å². The van der Waals surface area contributed by atoms with Crippen molar-refractivity contribution in [3.8, 4) is 0 Å². The lowest BCUT2D eigenvalue weighted by molar-refractivity contribution is -0.143. The fraction of sp³-hybridized carbons (Fsp3) is 0.714. The summed E-state index contributed by atoms with van der Waals surface area (Å²) in [4.78, 5) is 21.4. The molecule has 0 fully saturated rings. The lowest BCUT2D eigenvalue weighted by Gasteiger charge is -2.01. The molecular formula is C7H12O3S. The van der Waals surface area contributed by atoms with E-state index in [1.165, 1.54) is 7.11 Å². The van der Waals surface area contributed by atoms with Crippen molar-refractivity contribution >= 4 is 24.4 Å². The molecule has 0 bridgehead atoms. The summed E-state index contributed by atoms with van der Waals surface area (Å²) < 4.78 is 4.32. The topological polar surface area (TPSA) is 43.4 Å². The second-order valence-electron chi connectivity index (χ2n) is 2.34. The highest BCUT2D eigenvalue weighted by Gasteiger charge is 2.10. The lowest BCUT2D eigenvalue weighted by atomic mass is 10.2. The SMILES string of the molecule is COC(=O)CC(=O)CC(C)S. The molecule has 11 heavy (non-hydrogen) atoms. The zero-order valence-corrected chi connectivity index (χ0v) is 7.56. The van der Waals surface area contributed by atoms with Crippen molar-refractivity contribution in [3.63, 3.8) is 0 Å². The maximum Gasteiger partial charge on any atom is 0.313 e. The predicted octanol–water partition coefficient (Wildman–Crippen LogP) is 0.827. The van der Waals surface area contributed by atoms with E-state index in [1.54, 1.807) is 6.92 Å². The first kappa shape index (κ1) is 10.5. The monoisotopic (exact) mass is 176 g/mol. The highest BCUT2D eigenvalue weighted by atomic mass is 32.1. The smallest absolute Gasteiger partial charge is 0.313 e. The van der Waals surface area contributed by atoms with E-state index in [2.05, 4.69) is 17.4 Å². The number of carbonyl (C=O) groups is 2. The van der Waals surface area contributed by atoms with Gasteiger partial charge in [-0.05, 0) is 0 Å². The first-order valence-corrected chi connectivity index (χ1v) is 3.84. The van der Waals surface area contributed by atoms with Crippen molar-refractivity contribution in [2.45, 2.75) is 25.0 Å². The van der Waals surface area contributed by atoms with E-state index in [1.807, 2.05) is 0 Å². The molecule has 0 saturated heterocycles. The van der Waals surface area contributed by atoms with Crippen molar-refractivity contribution in [2.24, 2.45) is 0 Å². The highest BCUT2D eigenvalue weighted by molar-refractivity contribution is 7.80. The molecule has 4 heteroatoms. The summed E-state index contributed by atoms with van der Waals surface area (Å²) in [6.45, 7) is 1.80. The van der Waals surface area contributed by atoms with Crippen LogP contribution < -0.4 is 0 Å². The summed E-state index contributed by atoms with van der Waals surface area (Å²) in [5.74, 6) is -0.608.